The molecule has 0 aliphatic heterocycles. The zero-order valence-electron chi connectivity index (χ0n) is 7.01. The molecule has 11 heavy (non-hydrogen) atoms. The molecule has 0 N–H and O–H groups in total. The normalized spacial score (nSPS) is 11.1. The van der Waals surface area contributed by atoms with Crippen LogP contribution in [0, 0.1) is 19.3 Å². The smallest absolute Gasteiger partial charge is 0.128 e. The van der Waals surface area contributed by atoms with Crippen molar-refractivity contribution < 1.29 is 4.52 Å². The molecule has 0 saturated carbocycles. The van der Waals surface area contributed by atoms with Crippen molar-refractivity contribution in [3.05, 3.63) is 17.5 Å². The van der Waals surface area contributed by atoms with E-state index in [1.165, 1.54) is 0 Å². The Labute approximate surface area is 66.6 Å². The summed E-state index contributed by atoms with van der Waals surface area (Å²) in [6.07, 6.45) is 6.95. The van der Waals surface area contributed by atoms with Crippen molar-refractivity contribution >= 4 is 0 Å². The van der Waals surface area contributed by atoms with Gasteiger partial charge in [0, 0.05) is 5.56 Å². The standard InChI is InChI=1S/C9H11NO/c1-5-9(3,4)8-6-11-10-7(8)2/h1,6H,2-4H3. The topological polar surface area (TPSA) is 26.0 Å². The van der Waals surface area contributed by atoms with Crippen LogP contribution in [0.5, 0.6) is 0 Å². The van der Waals surface area contributed by atoms with E-state index in [0.717, 1.165) is 11.3 Å². The molecule has 0 fully saturated rings. The number of hydrogen-bond donors (Lipinski definition) is 0. The first-order chi connectivity index (χ1) is 5.08. The van der Waals surface area contributed by atoms with Crippen LogP contribution in [0.25, 0.3) is 0 Å². The van der Waals surface area contributed by atoms with Crippen molar-refractivity contribution in [2.24, 2.45) is 0 Å². The number of aromatic nitrogens is 1. The summed E-state index contributed by atoms with van der Waals surface area (Å²) in [6, 6.07) is 0. The lowest BCUT2D eigenvalue weighted by Gasteiger charge is -2.14. The third-order valence-electron chi connectivity index (χ3n) is 1.78. The highest BCUT2D eigenvalue weighted by molar-refractivity contribution is 5.31. The molecule has 1 aromatic rings. The van der Waals surface area contributed by atoms with Crippen molar-refractivity contribution in [2.75, 3.05) is 0 Å². The Morgan fingerprint density at radius 2 is 2.27 bits per heavy atom. The van der Waals surface area contributed by atoms with Gasteiger partial charge in [0.1, 0.15) is 6.26 Å². The predicted octanol–water partition coefficient (Wildman–Crippen LogP) is 1.89. The van der Waals surface area contributed by atoms with Gasteiger partial charge >= 0.3 is 0 Å². The van der Waals surface area contributed by atoms with E-state index in [2.05, 4.69) is 11.1 Å². The van der Waals surface area contributed by atoms with Gasteiger partial charge in [-0.2, -0.15) is 0 Å². The Kier molecular flexibility index (Phi) is 1.74. The van der Waals surface area contributed by atoms with Gasteiger partial charge < -0.3 is 4.52 Å². The lowest BCUT2D eigenvalue weighted by molar-refractivity contribution is 0.413. The Morgan fingerprint density at radius 1 is 1.64 bits per heavy atom. The van der Waals surface area contributed by atoms with Crippen LogP contribution in [0.3, 0.4) is 0 Å². The van der Waals surface area contributed by atoms with Gasteiger partial charge in [-0.25, -0.2) is 0 Å². The quantitative estimate of drug-likeness (QED) is 0.570. The van der Waals surface area contributed by atoms with Gasteiger partial charge in [-0.05, 0) is 20.8 Å². The summed E-state index contributed by atoms with van der Waals surface area (Å²) in [5.41, 5.74) is 1.58. The molecule has 2 heteroatoms. The number of terminal acetylenes is 1. The Balaban J connectivity index is 3.13. The van der Waals surface area contributed by atoms with Gasteiger partial charge in [0.2, 0.25) is 0 Å². The minimum absolute atomic E-state index is 0.274. The van der Waals surface area contributed by atoms with E-state index >= 15 is 0 Å². The van der Waals surface area contributed by atoms with Crippen LogP contribution in [0.1, 0.15) is 25.1 Å². The zero-order chi connectivity index (χ0) is 8.48. The summed E-state index contributed by atoms with van der Waals surface area (Å²) in [6.45, 7) is 5.82. The van der Waals surface area contributed by atoms with Crippen LogP contribution in [-0.2, 0) is 5.41 Å². The van der Waals surface area contributed by atoms with Crippen molar-refractivity contribution in [1.82, 2.24) is 5.16 Å². The largest absolute Gasteiger partial charge is 0.364 e. The SMILES string of the molecule is C#CC(C)(C)c1conc1C. The number of aryl methyl sites for hydroxylation is 1. The average Bonchev–Trinajstić information content (AvgIpc) is 2.36. The van der Waals surface area contributed by atoms with Crippen LogP contribution >= 0.6 is 0 Å². The van der Waals surface area contributed by atoms with Gasteiger partial charge in [-0.15, -0.1) is 6.42 Å². The van der Waals surface area contributed by atoms with Crippen molar-refractivity contribution in [2.45, 2.75) is 26.2 Å². The second kappa shape index (κ2) is 2.43. The third-order valence-corrected chi connectivity index (χ3v) is 1.78. The molecule has 58 valence electrons. The van der Waals surface area contributed by atoms with E-state index in [0.29, 0.717) is 0 Å². The lowest BCUT2D eigenvalue weighted by atomic mass is 9.86. The van der Waals surface area contributed by atoms with Crippen LogP contribution in [0.15, 0.2) is 10.8 Å². The second-order valence-electron chi connectivity index (χ2n) is 3.08. The van der Waals surface area contributed by atoms with Crippen molar-refractivity contribution in [3.63, 3.8) is 0 Å². The molecule has 0 amide bonds. The minimum Gasteiger partial charge on any atom is -0.364 e. The van der Waals surface area contributed by atoms with Crippen LogP contribution in [0.2, 0.25) is 0 Å². The van der Waals surface area contributed by atoms with Crippen LogP contribution in [-0.4, -0.2) is 5.16 Å². The number of hydrogen-bond acceptors (Lipinski definition) is 2. The van der Waals surface area contributed by atoms with Gasteiger partial charge in [-0.3, -0.25) is 0 Å². The number of rotatable bonds is 1. The molecule has 0 aliphatic rings. The maximum absolute atomic E-state index is 5.35. The van der Waals surface area contributed by atoms with Crippen molar-refractivity contribution in [1.29, 1.82) is 0 Å². The van der Waals surface area contributed by atoms with E-state index in [4.69, 9.17) is 10.9 Å². The van der Waals surface area contributed by atoms with Crippen molar-refractivity contribution in [3.8, 4) is 12.3 Å². The highest BCUT2D eigenvalue weighted by Gasteiger charge is 2.21. The molecule has 1 heterocycles. The Morgan fingerprint density at radius 3 is 2.64 bits per heavy atom. The Hall–Kier alpha value is -1.23. The van der Waals surface area contributed by atoms with Gasteiger partial charge in [0.25, 0.3) is 0 Å². The summed E-state index contributed by atoms with van der Waals surface area (Å²) in [5, 5.41) is 3.76. The summed E-state index contributed by atoms with van der Waals surface area (Å²) < 4.78 is 4.79. The van der Waals surface area contributed by atoms with E-state index in [9.17, 15) is 0 Å². The molecule has 1 aromatic heterocycles. The zero-order valence-corrected chi connectivity index (χ0v) is 7.01. The van der Waals surface area contributed by atoms with E-state index < -0.39 is 0 Å². The summed E-state index contributed by atoms with van der Waals surface area (Å²) in [5.74, 6) is 2.68. The first kappa shape index (κ1) is 7.87. The van der Waals surface area contributed by atoms with Gasteiger partial charge in [0.05, 0.1) is 11.1 Å². The minimum atomic E-state index is -0.274. The molecular formula is C9H11NO. The fraction of sp³-hybridized carbons (Fsp3) is 0.444. The molecule has 0 spiro atoms. The molecule has 0 atom stereocenters. The summed E-state index contributed by atoms with van der Waals surface area (Å²) in [7, 11) is 0. The van der Waals surface area contributed by atoms with Crippen LogP contribution in [0.4, 0.5) is 0 Å². The lowest BCUT2D eigenvalue weighted by Crippen LogP contribution is -2.14. The number of nitrogens with zero attached hydrogens (tertiary/aromatic N) is 1. The molecular weight excluding hydrogens is 138 g/mol. The van der Waals surface area contributed by atoms with E-state index in [1.54, 1.807) is 6.26 Å². The molecule has 2 nitrogen and oxygen atoms in total. The van der Waals surface area contributed by atoms with Gasteiger partial charge in [-0.1, -0.05) is 11.1 Å². The first-order valence-corrected chi connectivity index (χ1v) is 3.47. The third kappa shape index (κ3) is 1.27. The van der Waals surface area contributed by atoms with Gasteiger partial charge in [0.15, 0.2) is 0 Å². The maximum atomic E-state index is 5.35. The summed E-state index contributed by atoms with van der Waals surface area (Å²) >= 11 is 0. The fourth-order valence-corrected chi connectivity index (χ4v) is 0.970. The monoisotopic (exact) mass is 149 g/mol. The summed E-state index contributed by atoms with van der Waals surface area (Å²) in [4.78, 5) is 0. The molecule has 1 rings (SSSR count). The van der Waals surface area contributed by atoms with E-state index in [1.807, 2.05) is 20.8 Å². The first-order valence-electron chi connectivity index (χ1n) is 3.47. The molecule has 0 aliphatic carbocycles. The molecule has 0 unspecified atom stereocenters. The average molecular weight is 149 g/mol. The second-order valence-corrected chi connectivity index (χ2v) is 3.08. The molecule has 0 saturated heterocycles. The molecule has 0 aromatic carbocycles. The molecule has 0 radical (unpaired) electrons. The maximum Gasteiger partial charge on any atom is 0.128 e. The highest BCUT2D eigenvalue weighted by atomic mass is 16.5. The predicted molar refractivity (Wildman–Crippen MR) is 43.1 cm³/mol. The highest BCUT2D eigenvalue weighted by Crippen LogP contribution is 2.24. The Bertz CT molecular complexity index is 291. The van der Waals surface area contributed by atoms with E-state index in [-0.39, 0.29) is 5.41 Å². The fourth-order valence-electron chi connectivity index (χ4n) is 0.970. The molecule has 0 bridgehead atoms. The van der Waals surface area contributed by atoms with Crippen LogP contribution < -0.4 is 0 Å².